The first-order valence-corrected chi connectivity index (χ1v) is 12.0. The summed E-state index contributed by atoms with van der Waals surface area (Å²) < 4.78 is 49.6. The third-order valence-electron chi connectivity index (χ3n) is 6.16. The fourth-order valence-corrected chi connectivity index (χ4v) is 4.60. The van der Waals surface area contributed by atoms with Gasteiger partial charge in [0, 0.05) is 17.8 Å². The summed E-state index contributed by atoms with van der Waals surface area (Å²) in [7, 11) is 4.15. The fraction of sp³-hybridized carbons (Fsp3) is 0.214. The fourth-order valence-electron chi connectivity index (χ4n) is 4.37. The molecule has 1 aliphatic heterocycles. The highest BCUT2D eigenvalue weighted by molar-refractivity contribution is 6.51. The van der Waals surface area contributed by atoms with E-state index < -0.39 is 35.1 Å². The van der Waals surface area contributed by atoms with Gasteiger partial charge >= 0.3 is 0 Å². The van der Waals surface area contributed by atoms with Crippen molar-refractivity contribution in [3.63, 3.8) is 0 Å². The molecule has 0 saturated carbocycles. The monoisotopic (exact) mass is 559 g/mol. The van der Waals surface area contributed by atoms with E-state index >= 15 is 0 Å². The van der Waals surface area contributed by atoms with Crippen LogP contribution in [0.2, 0.25) is 5.02 Å². The van der Waals surface area contributed by atoms with E-state index in [2.05, 4.69) is 0 Å². The molecule has 4 rings (SSSR count). The van der Waals surface area contributed by atoms with Gasteiger partial charge in [-0.2, -0.15) is 0 Å². The van der Waals surface area contributed by atoms with Crippen molar-refractivity contribution in [3.8, 4) is 23.0 Å². The van der Waals surface area contributed by atoms with Gasteiger partial charge in [0.15, 0.2) is 23.1 Å². The number of Topliss-reactive ketones (excluding diaryl/α,β-unsaturated/α-hetero) is 1. The number of aliphatic hydroxyl groups excluding tert-OH is 1. The van der Waals surface area contributed by atoms with Crippen LogP contribution in [0.1, 0.15) is 24.1 Å². The van der Waals surface area contributed by atoms with Gasteiger partial charge in [-0.1, -0.05) is 17.7 Å². The number of ketones is 1. The number of amides is 1. The first-order chi connectivity index (χ1) is 18.7. The van der Waals surface area contributed by atoms with Gasteiger partial charge in [-0.05, 0) is 42.8 Å². The molecule has 1 fully saturated rings. The van der Waals surface area contributed by atoms with E-state index in [0.29, 0.717) is 17.1 Å². The predicted octanol–water partition coefficient (Wildman–Crippen LogP) is 5.67. The molecule has 1 amide bonds. The van der Waals surface area contributed by atoms with Crippen LogP contribution in [0.15, 0.2) is 54.1 Å². The highest BCUT2D eigenvalue weighted by Gasteiger charge is 2.47. The first-order valence-electron chi connectivity index (χ1n) is 11.6. The minimum atomic E-state index is -1.27. The number of anilines is 1. The largest absolute Gasteiger partial charge is 0.507 e. The Morgan fingerprint density at radius 1 is 0.897 bits per heavy atom. The Hall–Kier alpha value is -4.31. The van der Waals surface area contributed by atoms with Gasteiger partial charge in [0.2, 0.25) is 0 Å². The van der Waals surface area contributed by atoms with Crippen LogP contribution in [0.4, 0.5) is 14.5 Å². The first kappa shape index (κ1) is 27.7. The molecule has 3 aromatic carbocycles. The highest BCUT2D eigenvalue weighted by atomic mass is 35.5. The number of aliphatic hydroxyl groups is 1. The van der Waals surface area contributed by atoms with E-state index in [9.17, 15) is 23.5 Å². The summed E-state index contributed by atoms with van der Waals surface area (Å²) in [5, 5.41) is 11.7. The van der Waals surface area contributed by atoms with Crippen LogP contribution in [-0.4, -0.2) is 44.7 Å². The van der Waals surface area contributed by atoms with Gasteiger partial charge < -0.3 is 24.1 Å². The van der Waals surface area contributed by atoms with Crippen molar-refractivity contribution < 1.29 is 42.4 Å². The van der Waals surface area contributed by atoms with E-state index in [0.717, 1.165) is 23.1 Å². The zero-order valence-corrected chi connectivity index (χ0v) is 22.1. The topological polar surface area (TPSA) is 94.5 Å². The normalized spacial score (nSPS) is 16.4. The molecule has 204 valence electrons. The molecule has 1 heterocycles. The van der Waals surface area contributed by atoms with Crippen LogP contribution >= 0.6 is 11.6 Å². The Labute approximate surface area is 227 Å². The maximum Gasteiger partial charge on any atom is 0.300 e. The lowest BCUT2D eigenvalue weighted by Gasteiger charge is -2.26. The molecule has 1 saturated heterocycles. The van der Waals surface area contributed by atoms with Crippen LogP contribution in [0.3, 0.4) is 0 Å². The van der Waals surface area contributed by atoms with E-state index in [-0.39, 0.29) is 40.0 Å². The molecule has 0 bridgehead atoms. The lowest BCUT2D eigenvalue weighted by Crippen LogP contribution is -2.29. The average Bonchev–Trinajstić information content (AvgIpc) is 3.19. The second-order valence-electron chi connectivity index (χ2n) is 8.30. The Kier molecular flexibility index (Phi) is 7.96. The lowest BCUT2D eigenvalue weighted by atomic mass is 9.94. The zero-order chi connectivity index (χ0) is 28.4. The van der Waals surface area contributed by atoms with Gasteiger partial charge in [0.1, 0.15) is 17.3 Å². The number of hydrogen-bond donors (Lipinski definition) is 1. The molecule has 1 aliphatic rings. The lowest BCUT2D eigenvalue weighted by molar-refractivity contribution is -0.132. The predicted molar refractivity (Wildman–Crippen MR) is 140 cm³/mol. The van der Waals surface area contributed by atoms with Crippen molar-refractivity contribution in [2.45, 2.75) is 13.0 Å². The Morgan fingerprint density at radius 2 is 1.59 bits per heavy atom. The minimum absolute atomic E-state index is 0.0191. The van der Waals surface area contributed by atoms with Gasteiger partial charge in [-0.3, -0.25) is 14.5 Å². The average molecular weight is 560 g/mol. The Balaban J connectivity index is 2.03. The summed E-state index contributed by atoms with van der Waals surface area (Å²) in [5.74, 6) is -4.12. The molecule has 11 heteroatoms. The quantitative estimate of drug-likeness (QED) is 0.216. The molecule has 1 unspecified atom stereocenters. The summed E-state index contributed by atoms with van der Waals surface area (Å²) >= 11 is 6.20. The van der Waals surface area contributed by atoms with Gasteiger partial charge in [0.05, 0.1) is 50.1 Å². The number of nitrogens with zero attached hydrogens (tertiary/aromatic N) is 1. The summed E-state index contributed by atoms with van der Waals surface area (Å²) in [6.45, 7) is 2.05. The van der Waals surface area contributed by atoms with Gasteiger partial charge in [-0.25, -0.2) is 8.78 Å². The number of carbonyl (C=O) groups excluding carboxylic acids is 2. The van der Waals surface area contributed by atoms with Crippen LogP contribution in [0.25, 0.3) is 5.76 Å². The molecular weight excluding hydrogens is 536 g/mol. The maximum atomic E-state index is 14.3. The van der Waals surface area contributed by atoms with Crippen molar-refractivity contribution in [2.75, 3.05) is 32.8 Å². The zero-order valence-electron chi connectivity index (χ0n) is 21.4. The highest BCUT2D eigenvalue weighted by Crippen LogP contribution is 2.46. The van der Waals surface area contributed by atoms with Crippen LogP contribution in [0, 0.1) is 11.6 Å². The summed E-state index contributed by atoms with van der Waals surface area (Å²) in [4.78, 5) is 27.8. The number of rotatable bonds is 8. The van der Waals surface area contributed by atoms with Gasteiger partial charge in [-0.15, -0.1) is 0 Å². The number of carbonyl (C=O) groups is 2. The van der Waals surface area contributed by atoms with E-state index in [1.165, 1.54) is 33.5 Å². The number of ether oxygens (including phenoxy) is 4. The molecule has 0 aliphatic carbocycles. The molecule has 3 aromatic rings. The molecule has 8 nitrogen and oxygen atoms in total. The SMILES string of the molecule is CCOc1cc(C2/C(=C(\O)c3cc(OC)c(Cl)cc3OC)C(=O)C(=O)N2c2ccc(F)c(F)c2)ccc1OC. The summed E-state index contributed by atoms with van der Waals surface area (Å²) in [6, 6.07) is 8.95. The van der Waals surface area contributed by atoms with Crippen molar-refractivity contribution in [1.82, 2.24) is 0 Å². The number of benzene rings is 3. The van der Waals surface area contributed by atoms with Crippen molar-refractivity contribution in [3.05, 3.63) is 81.9 Å². The molecule has 39 heavy (non-hydrogen) atoms. The smallest absolute Gasteiger partial charge is 0.300 e. The van der Waals surface area contributed by atoms with Crippen LogP contribution < -0.4 is 23.8 Å². The summed E-state index contributed by atoms with van der Waals surface area (Å²) in [6.07, 6.45) is 0. The molecule has 0 aromatic heterocycles. The summed E-state index contributed by atoms with van der Waals surface area (Å²) in [5.41, 5.74) is -0.0929. The second kappa shape index (κ2) is 11.2. The second-order valence-corrected chi connectivity index (χ2v) is 8.71. The van der Waals surface area contributed by atoms with Crippen molar-refractivity contribution in [2.24, 2.45) is 0 Å². The molecular formula is C28H24ClF2NO7. The van der Waals surface area contributed by atoms with Crippen LogP contribution in [-0.2, 0) is 9.59 Å². The van der Waals surface area contributed by atoms with E-state index in [1.54, 1.807) is 25.1 Å². The van der Waals surface area contributed by atoms with Crippen LogP contribution in [0.5, 0.6) is 23.0 Å². The number of halogens is 3. The Morgan fingerprint density at radius 3 is 2.21 bits per heavy atom. The molecule has 0 spiro atoms. The van der Waals surface area contributed by atoms with Crippen molar-refractivity contribution in [1.29, 1.82) is 0 Å². The third kappa shape index (κ3) is 4.95. The molecule has 1 N–H and O–H groups in total. The van der Waals surface area contributed by atoms with Gasteiger partial charge in [0.25, 0.3) is 11.7 Å². The number of methoxy groups -OCH3 is 3. The van der Waals surface area contributed by atoms with E-state index in [4.69, 9.17) is 30.5 Å². The molecule has 0 radical (unpaired) electrons. The third-order valence-corrected chi connectivity index (χ3v) is 6.45. The van der Waals surface area contributed by atoms with E-state index in [1.807, 2.05) is 0 Å². The number of hydrogen-bond acceptors (Lipinski definition) is 7. The molecule has 1 atom stereocenters. The maximum absolute atomic E-state index is 14.3. The Bertz CT molecular complexity index is 1490. The minimum Gasteiger partial charge on any atom is -0.507 e. The van der Waals surface area contributed by atoms with Crippen molar-refractivity contribution >= 4 is 34.7 Å². The standard InChI is InChI=1S/C28H24ClF2NO7/c1-5-39-23-10-14(6-9-20(23)36-2)25-24(26(33)16-12-22(38-4)17(29)13-21(16)37-3)27(34)28(35)32(25)15-7-8-18(30)19(31)11-15/h6-13,25,33H,5H2,1-4H3/b26-24+.